The molecule has 0 unspecified atom stereocenters. The topological polar surface area (TPSA) is 127 Å². The molecular weight excluding hydrogens is 625 g/mol. The van der Waals surface area contributed by atoms with Crippen LogP contribution in [0.3, 0.4) is 0 Å². The molecule has 0 saturated heterocycles. The van der Waals surface area contributed by atoms with Gasteiger partial charge in [0.2, 0.25) is 5.88 Å². The van der Waals surface area contributed by atoms with Gasteiger partial charge in [-0.15, -0.1) is 0 Å². The predicted octanol–water partition coefficient (Wildman–Crippen LogP) is 6.67. The number of methoxy groups -OCH3 is 1. The zero-order valence-electron chi connectivity index (χ0n) is 26.2. The first-order valence-corrected chi connectivity index (χ1v) is 15.6. The number of rotatable bonds is 8. The fraction of sp³-hybridized carbons (Fsp3) is 0.324. The SMILES string of the molecule is COc1ncnc(C2CC2)c1-c1ncc2cc(-c3c(C)noc3C)c(=O)n(Cc3ccc(-c4nc(C(F)(F)F)cn4C4CC4)cc3)c2n1. The van der Waals surface area contributed by atoms with Crippen molar-refractivity contribution in [2.75, 3.05) is 7.11 Å². The molecule has 14 heteroatoms. The van der Waals surface area contributed by atoms with Crippen molar-refractivity contribution in [2.24, 2.45) is 0 Å². The summed E-state index contributed by atoms with van der Waals surface area (Å²) >= 11 is 0. The van der Waals surface area contributed by atoms with Crippen LogP contribution in [0.25, 0.3) is 44.9 Å². The van der Waals surface area contributed by atoms with Crippen LogP contribution in [0.5, 0.6) is 5.88 Å². The quantitative estimate of drug-likeness (QED) is 0.177. The first kappa shape index (κ1) is 30.0. The summed E-state index contributed by atoms with van der Waals surface area (Å²) in [5.74, 6) is 1.70. The minimum Gasteiger partial charge on any atom is -0.480 e. The maximum atomic E-state index is 14.3. The monoisotopic (exact) mass is 654 g/mol. The number of hydrogen-bond donors (Lipinski definition) is 0. The Balaban J connectivity index is 1.25. The normalized spacial score (nSPS) is 15.0. The van der Waals surface area contributed by atoms with E-state index >= 15 is 0 Å². The third-order valence-electron chi connectivity index (χ3n) is 8.87. The van der Waals surface area contributed by atoms with Crippen LogP contribution in [0.4, 0.5) is 13.2 Å². The minimum atomic E-state index is -4.54. The predicted molar refractivity (Wildman–Crippen MR) is 168 cm³/mol. The van der Waals surface area contributed by atoms with Gasteiger partial charge in [0.1, 0.15) is 29.1 Å². The van der Waals surface area contributed by atoms with E-state index < -0.39 is 11.9 Å². The van der Waals surface area contributed by atoms with E-state index in [0.717, 1.165) is 43.1 Å². The maximum Gasteiger partial charge on any atom is 0.434 e. The van der Waals surface area contributed by atoms with E-state index in [-0.39, 0.29) is 29.9 Å². The highest BCUT2D eigenvalue weighted by molar-refractivity contribution is 5.83. The zero-order valence-corrected chi connectivity index (χ0v) is 26.2. The molecule has 8 rings (SSSR count). The van der Waals surface area contributed by atoms with Crippen molar-refractivity contribution in [3.05, 3.63) is 87.8 Å². The number of fused-ring (bicyclic) bond motifs is 1. The number of hydrogen-bond acceptors (Lipinski definition) is 9. The lowest BCUT2D eigenvalue weighted by Crippen LogP contribution is -2.24. The smallest absolute Gasteiger partial charge is 0.434 e. The second kappa shape index (κ2) is 11.1. The summed E-state index contributed by atoms with van der Waals surface area (Å²) in [6.45, 7) is 3.64. The second-order valence-corrected chi connectivity index (χ2v) is 12.3. The molecule has 244 valence electrons. The van der Waals surface area contributed by atoms with Crippen LogP contribution in [-0.4, -0.2) is 46.3 Å². The molecule has 2 saturated carbocycles. The molecule has 2 aliphatic rings. The summed E-state index contributed by atoms with van der Waals surface area (Å²) < 4.78 is 54.8. The van der Waals surface area contributed by atoms with Crippen LogP contribution >= 0.6 is 0 Å². The van der Waals surface area contributed by atoms with Crippen molar-refractivity contribution >= 4 is 11.0 Å². The van der Waals surface area contributed by atoms with Gasteiger partial charge in [0.15, 0.2) is 11.5 Å². The fourth-order valence-electron chi connectivity index (χ4n) is 6.20. The van der Waals surface area contributed by atoms with Gasteiger partial charge in [0.25, 0.3) is 5.56 Å². The van der Waals surface area contributed by atoms with Crippen molar-refractivity contribution in [1.29, 1.82) is 0 Å². The Morgan fingerprint density at radius 3 is 2.42 bits per heavy atom. The third kappa shape index (κ3) is 5.20. The lowest BCUT2D eigenvalue weighted by Gasteiger charge is -2.15. The average molecular weight is 655 g/mol. The first-order valence-electron chi connectivity index (χ1n) is 15.6. The highest BCUT2D eigenvalue weighted by atomic mass is 19.4. The van der Waals surface area contributed by atoms with Crippen LogP contribution in [0.2, 0.25) is 0 Å². The van der Waals surface area contributed by atoms with Crippen molar-refractivity contribution in [2.45, 2.75) is 64.2 Å². The van der Waals surface area contributed by atoms with Crippen molar-refractivity contribution < 1.29 is 22.4 Å². The molecule has 0 atom stereocenters. The zero-order chi connectivity index (χ0) is 33.3. The number of nitrogens with zero attached hydrogens (tertiary/aromatic N) is 8. The standard InChI is InChI=1S/C34H29F3N8O3/c1-17-26(18(2)48-43-17)24-12-22-13-38-29(27-28(20-8-9-20)39-16-40-32(27)47-3)42-31(22)45(33(24)46)14-19-4-6-21(7-5-19)30-41-25(34(35,36)37)15-44(30)23-10-11-23/h4-7,12-13,15-16,20,23H,8-11,14H2,1-3H3. The van der Waals surface area contributed by atoms with E-state index in [1.165, 1.54) is 13.4 Å². The number of alkyl halides is 3. The molecule has 0 amide bonds. The largest absolute Gasteiger partial charge is 0.480 e. The van der Waals surface area contributed by atoms with Crippen LogP contribution in [-0.2, 0) is 12.7 Å². The highest BCUT2D eigenvalue weighted by Crippen LogP contribution is 2.45. The Kier molecular flexibility index (Phi) is 6.93. The average Bonchev–Trinajstić information content (AvgIpc) is 4.02. The van der Waals surface area contributed by atoms with Gasteiger partial charge >= 0.3 is 6.18 Å². The number of ether oxygens (including phenoxy) is 1. The van der Waals surface area contributed by atoms with Crippen molar-refractivity contribution in [1.82, 2.24) is 39.2 Å². The third-order valence-corrected chi connectivity index (χ3v) is 8.87. The number of halogens is 3. The summed E-state index contributed by atoms with van der Waals surface area (Å²) in [6.07, 6.45) is 3.27. The Hall–Kier alpha value is -5.40. The van der Waals surface area contributed by atoms with E-state index in [0.29, 0.717) is 56.4 Å². The van der Waals surface area contributed by atoms with Gasteiger partial charge < -0.3 is 13.8 Å². The van der Waals surface area contributed by atoms with Crippen LogP contribution in [0.15, 0.2) is 58.4 Å². The number of aryl methyl sites for hydroxylation is 2. The second-order valence-electron chi connectivity index (χ2n) is 12.3. The molecule has 5 heterocycles. The molecule has 6 aromatic rings. The van der Waals surface area contributed by atoms with Gasteiger partial charge in [-0.25, -0.2) is 24.9 Å². The summed E-state index contributed by atoms with van der Waals surface area (Å²) in [7, 11) is 1.53. The van der Waals surface area contributed by atoms with Crippen molar-refractivity contribution in [3.8, 4) is 39.8 Å². The van der Waals surface area contributed by atoms with Crippen LogP contribution in [0, 0.1) is 13.8 Å². The Labute approximate surface area is 271 Å². The Morgan fingerprint density at radius 2 is 1.77 bits per heavy atom. The number of imidazole rings is 1. The van der Waals surface area contributed by atoms with Gasteiger partial charge in [-0.05, 0) is 51.2 Å². The Bertz CT molecular complexity index is 2250. The van der Waals surface area contributed by atoms with E-state index in [9.17, 15) is 18.0 Å². The minimum absolute atomic E-state index is 0.00299. The first-order chi connectivity index (χ1) is 23.1. The van der Waals surface area contributed by atoms with E-state index in [1.54, 1.807) is 59.5 Å². The van der Waals surface area contributed by atoms with E-state index in [4.69, 9.17) is 14.2 Å². The number of pyridine rings is 1. The molecule has 0 aliphatic heterocycles. The lowest BCUT2D eigenvalue weighted by molar-refractivity contribution is -0.140. The van der Waals surface area contributed by atoms with Gasteiger partial charge in [-0.1, -0.05) is 29.4 Å². The molecule has 0 N–H and O–H groups in total. The molecule has 0 spiro atoms. The molecule has 0 bridgehead atoms. The van der Waals surface area contributed by atoms with Gasteiger partial charge in [-0.2, -0.15) is 13.2 Å². The van der Waals surface area contributed by atoms with E-state index in [2.05, 4.69) is 25.1 Å². The maximum absolute atomic E-state index is 14.3. The lowest BCUT2D eigenvalue weighted by atomic mass is 10.0. The molecule has 2 fully saturated rings. The number of aromatic nitrogens is 8. The van der Waals surface area contributed by atoms with Gasteiger partial charge in [-0.3, -0.25) is 9.36 Å². The molecule has 0 radical (unpaired) electrons. The molecule has 48 heavy (non-hydrogen) atoms. The summed E-state index contributed by atoms with van der Waals surface area (Å²) in [5.41, 5.74) is 3.39. The van der Waals surface area contributed by atoms with Gasteiger partial charge in [0, 0.05) is 35.3 Å². The van der Waals surface area contributed by atoms with Crippen molar-refractivity contribution in [3.63, 3.8) is 0 Å². The highest BCUT2D eigenvalue weighted by Gasteiger charge is 2.37. The Morgan fingerprint density at radius 1 is 1.00 bits per heavy atom. The van der Waals surface area contributed by atoms with Crippen LogP contribution in [0.1, 0.15) is 66.0 Å². The fourth-order valence-corrected chi connectivity index (χ4v) is 6.20. The van der Waals surface area contributed by atoms with Crippen LogP contribution < -0.4 is 10.3 Å². The van der Waals surface area contributed by atoms with Gasteiger partial charge in [0.05, 0.1) is 36.2 Å². The summed E-state index contributed by atoms with van der Waals surface area (Å²) in [4.78, 5) is 36.7. The van der Waals surface area contributed by atoms with E-state index in [1.807, 2.05) is 0 Å². The molecular formula is C34H29F3N8O3. The number of benzene rings is 1. The molecule has 11 nitrogen and oxygen atoms in total. The summed E-state index contributed by atoms with van der Waals surface area (Å²) in [5, 5.41) is 4.66. The molecule has 5 aromatic heterocycles. The molecule has 1 aromatic carbocycles. The molecule has 2 aliphatic carbocycles. The summed E-state index contributed by atoms with van der Waals surface area (Å²) in [6, 6.07) is 8.79.